The Bertz CT molecular complexity index is 750. The quantitative estimate of drug-likeness (QED) is 0.762. The molecule has 0 radical (unpaired) electrons. The maximum atomic E-state index is 12.5. The van der Waals surface area contributed by atoms with Gasteiger partial charge in [-0.3, -0.25) is 13.9 Å². The van der Waals surface area contributed by atoms with Gasteiger partial charge in [0.2, 0.25) is 10.0 Å². The second kappa shape index (κ2) is 5.65. The van der Waals surface area contributed by atoms with Crippen LogP contribution in [0.3, 0.4) is 0 Å². The van der Waals surface area contributed by atoms with Gasteiger partial charge in [-0.1, -0.05) is 0 Å². The third-order valence-electron chi connectivity index (χ3n) is 4.21. The zero-order valence-electron chi connectivity index (χ0n) is 14.5. The Morgan fingerprint density at radius 3 is 2.67 bits per heavy atom. The number of anilines is 1. The van der Waals surface area contributed by atoms with Gasteiger partial charge in [0.15, 0.2) is 0 Å². The summed E-state index contributed by atoms with van der Waals surface area (Å²) in [7, 11) is -3.28. The zero-order chi connectivity index (χ0) is 17.7. The minimum Gasteiger partial charge on any atom is -0.444 e. The molecule has 134 valence electrons. The van der Waals surface area contributed by atoms with Crippen LogP contribution >= 0.6 is 0 Å². The molecule has 0 N–H and O–H groups in total. The first kappa shape index (κ1) is 17.1. The molecule has 2 aliphatic heterocycles. The van der Waals surface area contributed by atoms with Gasteiger partial charge >= 0.3 is 6.09 Å². The molecule has 1 aromatic rings. The lowest BCUT2D eigenvalue weighted by Crippen LogP contribution is -2.47. The Balaban J connectivity index is 1.88. The summed E-state index contributed by atoms with van der Waals surface area (Å²) in [5.74, 6) is 0.157. The molecule has 2 aliphatic rings. The summed E-state index contributed by atoms with van der Waals surface area (Å²) in [4.78, 5) is 14.1. The number of hydrogen-bond acceptors (Lipinski definition) is 5. The molecule has 0 unspecified atom stereocenters. The number of carbonyl (C=O) groups excluding carboxylic acids is 1. The van der Waals surface area contributed by atoms with Crippen molar-refractivity contribution in [2.45, 2.75) is 58.8 Å². The maximum absolute atomic E-state index is 12.5. The molecular weight excluding hydrogens is 332 g/mol. The fourth-order valence-electron chi connectivity index (χ4n) is 3.07. The average molecular weight is 356 g/mol. The third kappa shape index (κ3) is 3.09. The first-order valence-corrected chi connectivity index (χ1v) is 9.74. The van der Waals surface area contributed by atoms with Crippen LogP contribution in [-0.4, -0.2) is 53.1 Å². The van der Waals surface area contributed by atoms with E-state index in [1.807, 2.05) is 27.7 Å². The number of hydrogen-bond donors (Lipinski definition) is 0. The molecule has 1 saturated heterocycles. The molecule has 3 heterocycles. The van der Waals surface area contributed by atoms with E-state index in [0.29, 0.717) is 25.2 Å². The topological polar surface area (TPSA) is 84.7 Å². The van der Waals surface area contributed by atoms with Crippen LogP contribution < -0.4 is 4.31 Å². The first-order chi connectivity index (χ1) is 11.1. The molecule has 8 nitrogen and oxygen atoms in total. The highest BCUT2D eigenvalue weighted by molar-refractivity contribution is 7.93. The van der Waals surface area contributed by atoms with Gasteiger partial charge in [0, 0.05) is 6.54 Å². The molecule has 1 fully saturated rings. The summed E-state index contributed by atoms with van der Waals surface area (Å²) in [6.07, 6.45) is 1.81. The molecule has 0 aromatic carbocycles. The van der Waals surface area contributed by atoms with Gasteiger partial charge in [0.05, 0.1) is 42.5 Å². The standard InChI is InChI=1S/C15H24N4O4S/c1-11-9-18-13(10-17(11)14(20)23-15(2,3)4)12(8-16-18)19-6-5-7-24(19,21)22/h8,11H,5-7,9-10H2,1-4H3/t11-/m0/s1. The van der Waals surface area contributed by atoms with E-state index in [0.717, 1.165) is 5.69 Å². The summed E-state index contributed by atoms with van der Waals surface area (Å²) in [5, 5.41) is 4.32. The van der Waals surface area contributed by atoms with Gasteiger partial charge in [-0.05, 0) is 34.1 Å². The van der Waals surface area contributed by atoms with Crippen LogP contribution in [0.15, 0.2) is 6.20 Å². The Hall–Kier alpha value is -1.77. The molecule has 1 amide bonds. The average Bonchev–Trinajstić information content (AvgIpc) is 2.97. The van der Waals surface area contributed by atoms with Crippen LogP contribution in [0, 0.1) is 0 Å². The van der Waals surface area contributed by atoms with Gasteiger partial charge in [0.1, 0.15) is 5.60 Å². The van der Waals surface area contributed by atoms with Gasteiger partial charge in [-0.25, -0.2) is 13.2 Å². The number of sulfonamides is 1. The lowest BCUT2D eigenvalue weighted by atomic mass is 10.2. The highest BCUT2D eigenvalue weighted by atomic mass is 32.2. The summed E-state index contributed by atoms with van der Waals surface area (Å²) in [6, 6.07) is -0.0738. The van der Waals surface area contributed by atoms with Gasteiger partial charge < -0.3 is 4.74 Å². The van der Waals surface area contributed by atoms with Crippen molar-refractivity contribution in [2.24, 2.45) is 0 Å². The molecule has 1 atom stereocenters. The second-order valence-corrected chi connectivity index (χ2v) is 9.37. The number of fused-ring (bicyclic) bond motifs is 1. The fraction of sp³-hybridized carbons (Fsp3) is 0.733. The van der Waals surface area contributed by atoms with Gasteiger partial charge in [-0.2, -0.15) is 5.10 Å². The molecule has 0 spiro atoms. The minimum atomic E-state index is -3.28. The lowest BCUT2D eigenvalue weighted by molar-refractivity contribution is 0.00914. The molecule has 3 rings (SSSR count). The molecule has 24 heavy (non-hydrogen) atoms. The fourth-order valence-corrected chi connectivity index (χ4v) is 4.64. The molecule has 0 saturated carbocycles. The monoisotopic (exact) mass is 356 g/mol. The van der Waals surface area contributed by atoms with Gasteiger partial charge in [0.25, 0.3) is 0 Å². The Labute approximate surface area is 142 Å². The van der Waals surface area contributed by atoms with Crippen molar-refractivity contribution in [3.63, 3.8) is 0 Å². The van der Waals surface area contributed by atoms with E-state index in [1.165, 1.54) is 4.31 Å². The van der Waals surface area contributed by atoms with Crippen LogP contribution in [-0.2, 0) is 27.8 Å². The van der Waals surface area contributed by atoms with E-state index in [1.54, 1.807) is 15.8 Å². The maximum Gasteiger partial charge on any atom is 0.410 e. The van der Waals surface area contributed by atoms with Crippen molar-refractivity contribution in [2.75, 3.05) is 16.6 Å². The number of ether oxygens (including phenoxy) is 1. The molecule has 9 heteroatoms. The first-order valence-electron chi connectivity index (χ1n) is 8.13. The van der Waals surface area contributed by atoms with E-state index >= 15 is 0 Å². The Morgan fingerprint density at radius 1 is 1.38 bits per heavy atom. The molecule has 0 bridgehead atoms. The number of aromatic nitrogens is 2. The summed E-state index contributed by atoms with van der Waals surface area (Å²) < 4.78 is 33.1. The smallest absolute Gasteiger partial charge is 0.410 e. The van der Waals surface area contributed by atoms with Crippen molar-refractivity contribution in [1.82, 2.24) is 14.7 Å². The van der Waals surface area contributed by atoms with Crippen LogP contribution in [0.1, 0.15) is 39.8 Å². The zero-order valence-corrected chi connectivity index (χ0v) is 15.3. The number of nitrogens with zero attached hydrogens (tertiary/aromatic N) is 4. The molecule has 1 aromatic heterocycles. The third-order valence-corrected chi connectivity index (χ3v) is 6.07. The van der Waals surface area contributed by atoms with E-state index in [4.69, 9.17) is 4.74 Å². The van der Waals surface area contributed by atoms with E-state index in [9.17, 15) is 13.2 Å². The van der Waals surface area contributed by atoms with E-state index < -0.39 is 21.7 Å². The number of rotatable bonds is 1. The van der Waals surface area contributed by atoms with Crippen molar-refractivity contribution in [1.29, 1.82) is 0 Å². The Morgan fingerprint density at radius 2 is 2.08 bits per heavy atom. The van der Waals surface area contributed by atoms with Crippen LogP contribution in [0.25, 0.3) is 0 Å². The molecule has 0 aliphatic carbocycles. The normalized spacial score (nSPS) is 23.2. The highest BCUT2D eigenvalue weighted by Crippen LogP contribution is 2.31. The van der Waals surface area contributed by atoms with Crippen molar-refractivity contribution in [3.05, 3.63) is 11.9 Å². The predicted octanol–water partition coefficient (Wildman–Crippen LogP) is 1.56. The number of amides is 1. The van der Waals surface area contributed by atoms with Crippen LogP contribution in [0.2, 0.25) is 0 Å². The summed E-state index contributed by atoms with van der Waals surface area (Å²) in [6.45, 7) is 8.67. The summed E-state index contributed by atoms with van der Waals surface area (Å²) in [5.41, 5.74) is 0.743. The molecular formula is C15H24N4O4S. The minimum absolute atomic E-state index is 0.0738. The van der Waals surface area contributed by atoms with E-state index in [2.05, 4.69) is 5.10 Å². The largest absolute Gasteiger partial charge is 0.444 e. The SMILES string of the molecule is C[C@H]1Cn2ncc(N3CCCS3(=O)=O)c2CN1C(=O)OC(C)(C)C. The van der Waals surface area contributed by atoms with Crippen LogP contribution in [0.4, 0.5) is 10.5 Å². The van der Waals surface area contributed by atoms with Crippen molar-refractivity contribution < 1.29 is 17.9 Å². The van der Waals surface area contributed by atoms with E-state index in [-0.39, 0.29) is 18.3 Å². The van der Waals surface area contributed by atoms with Crippen molar-refractivity contribution >= 4 is 21.8 Å². The second-order valence-electron chi connectivity index (χ2n) is 7.36. The van der Waals surface area contributed by atoms with Crippen LogP contribution in [0.5, 0.6) is 0 Å². The lowest BCUT2D eigenvalue weighted by Gasteiger charge is -2.36. The number of carbonyl (C=O) groups is 1. The highest BCUT2D eigenvalue weighted by Gasteiger charge is 2.36. The predicted molar refractivity (Wildman–Crippen MR) is 89.2 cm³/mol. The van der Waals surface area contributed by atoms with Crippen molar-refractivity contribution in [3.8, 4) is 0 Å². The van der Waals surface area contributed by atoms with Gasteiger partial charge in [-0.15, -0.1) is 0 Å². The summed E-state index contributed by atoms with van der Waals surface area (Å²) >= 11 is 0. The Kier molecular flexibility index (Phi) is 4.01.